The first-order valence-corrected chi connectivity index (χ1v) is 7.97. The number of aryl methyl sites for hydroxylation is 1. The average Bonchev–Trinajstić information content (AvgIpc) is 2.24. The molecule has 0 unspecified atom stereocenters. The van der Waals surface area contributed by atoms with E-state index >= 15 is 0 Å². The van der Waals surface area contributed by atoms with Gasteiger partial charge in [-0.2, -0.15) is 16.8 Å². The van der Waals surface area contributed by atoms with Crippen LogP contribution in [0.25, 0.3) is 10.8 Å². The van der Waals surface area contributed by atoms with Crippen LogP contribution in [0.15, 0.2) is 40.1 Å². The van der Waals surface area contributed by atoms with Crippen molar-refractivity contribution in [1.29, 1.82) is 0 Å². The normalized spacial score (nSPS) is 12.8. The molecule has 0 heterocycles. The molecule has 0 spiro atoms. The second kappa shape index (κ2) is 4.27. The fourth-order valence-corrected chi connectivity index (χ4v) is 3.33. The topological polar surface area (TPSA) is 109 Å². The van der Waals surface area contributed by atoms with E-state index in [-0.39, 0.29) is 26.1 Å². The highest BCUT2D eigenvalue weighted by Crippen LogP contribution is 2.28. The van der Waals surface area contributed by atoms with Crippen molar-refractivity contribution in [2.24, 2.45) is 0 Å². The number of fused-ring (bicyclic) bond motifs is 1. The summed E-state index contributed by atoms with van der Waals surface area (Å²) in [6.45, 7) is 1.42. The fourth-order valence-electron chi connectivity index (χ4n) is 1.89. The average molecular weight is 302 g/mol. The minimum absolute atomic E-state index is 0.186. The second-order valence-electron chi connectivity index (χ2n) is 4.05. The standard InChI is InChI=1S/C11H10O6S2/c1-7-5-9-8(6-11(7)19(15,16)17)3-2-4-10(9)18(12,13)14/h2-6H,1H3,(H,12,13,14)(H,15,16,17). The van der Waals surface area contributed by atoms with Crippen molar-refractivity contribution in [1.82, 2.24) is 0 Å². The summed E-state index contributed by atoms with van der Waals surface area (Å²) in [4.78, 5) is -0.609. The molecule has 0 saturated heterocycles. The molecule has 0 saturated carbocycles. The molecule has 6 nitrogen and oxygen atoms in total. The third kappa shape index (κ3) is 2.61. The van der Waals surface area contributed by atoms with E-state index in [4.69, 9.17) is 9.11 Å². The van der Waals surface area contributed by atoms with E-state index in [1.165, 1.54) is 31.2 Å². The molecule has 102 valence electrons. The van der Waals surface area contributed by atoms with Crippen LogP contribution >= 0.6 is 0 Å². The molecule has 0 aromatic heterocycles. The molecule has 19 heavy (non-hydrogen) atoms. The maximum Gasteiger partial charge on any atom is 0.295 e. The molecule has 0 aliphatic rings. The summed E-state index contributed by atoms with van der Waals surface area (Å²) in [5, 5.41) is 0.475. The second-order valence-corrected chi connectivity index (χ2v) is 6.83. The van der Waals surface area contributed by atoms with Crippen LogP contribution in [-0.2, 0) is 20.2 Å². The van der Waals surface area contributed by atoms with Crippen LogP contribution in [0.1, 0.15) is 5.56 Å². The smallest absolute Gasteiger partial charge is 0.282 e. The lowest BCUT2D eigenvalue weighted by atomic mass is 10.1. The Morgan fingerprint density at radius 1 is 0.895 bits per heavy atom. The van der Waals surface area contributed by atoms with Gasteiger partial charge < -0.3 is 0 Å². The Hall–Kier alpha value is -1.48. The maximum atomic E-state index is 11.2. The third-order valence-electron chi connectivity index (χ3n) is 2.69. The Labute approximate surface area is 110 Å². The number of rotatable bonds is 2. The fraction of sp³-hybridized carbons (Fsp3) is 0.0909. The molecule has 0 radical (unpaired) electrons. The quantitative estimate of drug-likeness (QED) is 0.816. The van der Waals surface area contributed by atoms with Gasteiger partial charge in [0, 0.05) is 5.39 Å². The molecular weight excluding hydrogens is 292 g/mol. The Balaban J connectivity index is 2.94. The van der Waals surface area contributed by atoms with Crippen LogP contribution in [0, 0.1) is 6.92 Å². The molecule has 0 atom stereocenters. The minimum Gasteiger partial charge on any atom is -0.282 e. The van der Waals surface area contributed by atoms with Gasteiger partial charge in [0.25, 0.3) is 20.2 Å². The zero-order valence-electron chi connectivity index (χ0n) is 9.73. The molecular formula is C11H10O6S2. The van der Waals surface area contributed by atoms with Crippen molar-refractivity contribution in [2.75, 3.05) is 0 Å². The van der Waals surface area contributed by atoms with Crippen molar-refractivity contribution in [3.63, 3.8) is 0 Å². The Morgan fingerprint density at radius 2 is 1.47 bits per heavy atom. The Kier molecular flexibility index (Phi) is 3.13. The summed E-state index contributed by atoms with van der Waals surface area (Å²) >= 11 is 0. The third-order valence-corrected chi connectivity index (χ3v) is 4.60. The van der Waals surface area contributed by atoms with Gasteiger partial charge in [-0.05, 0) is 36.1 Å². The van der Waals surface area contributed by atoms with Crippen LogP contribution in [-0.4, -0.2) is 25.9 Å². The van der Waals surface area contributed by atoms with E-state index in [1.807, 2.05) is 0 Å². The highest BCUT2D eigenvalue weighted by atomic mass is 32.2. The van der Waals surface area contributed by atoms with Gasteiger partial charge in [-0.15, -0.1) is 0 Å². The summed E-state index contributed by atoms with van der Waals surface area (Å²) in [5.74, 6) is 0. The van der Waals surface area contributed by atoms with Crippen molar-refractivity contribution in [2.45, 2.75) is 16.7 Å². The summed E-state index contributed by atoms with van der Waals surface area (Å²) < 4.78 is 63.0. The molecule has 0 aliphatic carbocycles. The van der Waals surface area contributed by atoms with Gasteiger partial charge >= 0.3 is 0 Å². The van der Waals surface area contributed by atoms with Gasteiger partial charge in [0.05, 0.1) is 4.90 Å². The van der Waals surface area contributed by atoms with Crippen LogP contribution in [0.2, 0.25) is 0 Å². The molecule has 2 aromatic rings. The van der Waals surface area contributed by atoms with Crippen molar-refractivity contribution in [3.05, 3.63) is 35.9 Å². The molecule has 2 aromatic carbocycles. The lowest BCUT2D eigenvalue weighted by molar-refractivity contribution is 0.481. The van der Waals surface area contributed by atoms with E-state index in [1.54, 1.807) is 0 Å². The predicted molar refractivity (Wildman–Crippen MR) is 68.3 cm³/mol. The number of hydrogen-bond donors (Lipinski definition) is 2. The predicted octanol–water partition coefficient (Wildman–Crippen LogP) is 1.64. The largest absolute Gasteiger partial charge is 0.295 e. The first kappa shape index (κ1) is 13.9. The van der Waals surface area contributed by atoms with Gasteiger partial charge in [-0.1, -0.05) is 12.1 Å². The van der Waals surface area contributed by atoms with Crippen LogP contribution in [0.4, 0.5) is 0 Å². The number of hydrogen-bond acceptors (Lipinski definition) is 4. The molecule has 0 bridgehead atoms. The molecule has 8 heteroatoms. The molecule has 2 N–H and O–H groups in total. The Morgan fingerprint density at radius 3 is 2.00 bits per heavy atom. The lowest BCUT2D eigenvalue weighted by Gasteiger charge is -2.08. The van der Waals surface area contributed by atoms with Crippen LogP contribution in [0.5, 0.6) is 0 Å². The van der Waals surface area contributed by atoms with Gasteiger partial charge in [-0.25, -0.2) is 0 Å². The molecule has 0 fully saturated rings. The summed E-state index contributed by atoms with van der Waals surface area (Å²) in [7, 11) is -8.79. The summed E-state index contributed by atoms with van der Waals surface area (Å²) in [5.41, 5.74) is 0.186. The first-order chi connectivity index (χ1) is 8.60. The highest BCUT2D eigenvalue weighted by Gasteiger charge is 2.18. The lowest BCUT2D eigenvalue weighted by Crippen LogP contribution is -2.03. The SMILES string of the molecule is Cc1cc2c(S(=O)(=O)O)cccc2cc1S(=O)(=O)O. The minimum atomic E-state index is -4.41. The maximum absolute atomic E-state index is 11.2. The first-order valence-electron chi connectivity index (χ1n) is 5.09. The molecule has 0 amide bonds. The number of benzene rings is 2. The monoisotopic (exact) mass is 302 g/mol. The Bertz CT molecular complexity index is 865. The highest BCUT2D eigenvalue weighted by molar-refractivity contribution is 7.86. The van der Waals surface area contributed by atoms with E-state index in [2.05, 4.69) is 0 Å². The van der Waals surface area contributed by atoms with Crippen LogP contribution < -0.4 is 0 Å². The van der Waals surface area contributed by atoms with Crippen molar-refractivity contribution >= 4 is 31.0 Å². The molecule has 2 rings (SSSR count). The van der Waals surface area contributed by atoms with E-state index in [9.17, 15) is 16.8 Å². The van der Waals surface area contributed by atoms with Crippen molar-refractivity contribution < 1.29 is 25.9 Å². The van der Waals surface area contributed by atoms with Gasteiger partial charge in [0.15, 0.2) is 0 Å². The van der Waals surface area contributed by atoms with Gasteiger partial charge in [0.1, 0.15) is 4.90 Å². The molecule has 0 aliphatic heterocycles. The zero-order valence-corrected chi connectivity index (χ0v) is 11.4. The summed E-state index contributed by atoms with van der Waals surface area (Å²) in [6.07, 6.45) is 0. The van der Waals surface area contributed by atoms with Gasteiger partial charge in [-0.3, -0.25) is 9.11 Å². The van der Waals surface area contributed by atoms with E-state index in [0.29, 0.717) is 0 Å². The summed E-state index contributed by atoms with van der Waals surface area (Å²) in [6, 6.07) is 6.52. The van der Waals surface area contributed by atoms with Gasteiger partial charge in [0.2, 0.25) is 0 Å². The zero-order chi connectivity index (χ0) is 14.4. The van der Waals surface area contributed by atoms with Crippen LogP contribution in [0.3, 0.4) is 0 Å². The van der Waals surface area contributed by atoms with Crippen molar-refractivity contribution in [3.8, 4) is 0 Å². The van der Waals surface area contributed by atoms with E-state index < -0.39 is 20.2 Å². The van der Waals surface area contributed by atoms with E-state index in [0.717, 1.165) is 6.07 Å².